The number of hydrogen-bond donors (Lipinski definition) is 5. The number of carbonyl (C=O) groups excluding carboxylic acids is 4. The maximum absolute atomic E-state index is 13.8. The molecule has 4 amide bonds. The lowest BCUT2D eigenvalue weighted by Crippen LogP contribution is -2.37. The number of hydrazine groups is 1. The lowest BCUT2D eigenvalue weighted by molar-refractivity contribution is -0.192. The maximum Gasteiger partial charge on any atom is 0.490 e. The molecule has 0 saturated carbocycles. The van der Waals surface area contributed by atoms with Crippen molar-refractivity contribution < 1.29 is 56.5 Å². The zero-order chi connectivity index (χ0) is 50.9. The number of aromatic nitrogens is 7. The number of hydrogen-bond acceptors (Lipinski definition) is 14. The molecule has 374 valence electrons. The SMILES string of the molecule is CCn1nc(C)cc1C(=O)N=c1sc2cc(C(=O)NN)cc(OC)c2n1C/C=C/Cn1c(NC(=O)c2cc(C)nn2CC)nc2cc(C(N)=O)cc(OCCCN3CCOCC3)c21.O=C(O)C(F)(F)F. The number of morpholine rings is 1. The normalized spacial score (nSPS) is 13.4. The van der Waals surface area contributed by atoms with Crippen LogP contribution in [0.3, 0.4) is 0 Å². The van der Waals surface area contributed by atoms with Crippen molar-refractivity contribution in [1.82, 2.24) is 44.0 Å². The number of halogens is 3. The smallest absolute Gasteiger partial charge is 0.490 e. The van der Waals surface area contributed by atoms with E-state index in [9.17, 15) is 32.3 Å². The van der Waals surface area contributed by atoms with E-state index in [0.29, 0.717) is 99.7 Å². The average Bonchev–Trinajstić information content (AvgIpc) is 4.10. The van der Waals surface area contributed by atoms with Crippen LogP contribution in [0.1, 0.15) is 73.3 Å². The number of aryl methyl sites for hydroxylation is 4. The molecule has 0 atom stereocenters. The number of rotatable bonds is 17. The van der Waals surface area contributed by atoms with Crippen molar-refractivity contribution in [3.05, 3.63) is 87.3 Å². The van der Waals surface area contributed by atoms with Crippen LogP contribution in [-0.2, 0) is 35.7 Å². The molecule has 7 rings (SSSR count). The summed E-state index contributed by atoms with van der Waals surface area (Å²) in [6, 6.07) is 9.79. The number of methoxy groups -OCH3 is 1. The van der Waals surface area contributed by atoms with Crippen molar-refractivity contribution in [2.75, 3.05) is 51.9 Å². The summed E-state index contributed by atoms with van der Waals surface area (Å²) in [4.78, 5) is 73.6. The van der Waals surface area contributed by atoms with E-state index in [1.165, 1.54) is 18.4 Å². The molecular weight excluding hydrogens is 944 g/mol. The van der Waals surface area contributed by atoms with Crippen LogP contribution in [0.15, 0.2) is 53.5 Å². The second kappa shape index (κ2) is 22.8. The number of nitrogen functional groups attached to an aromatic ring is 1. The van der Waals surface area contributed by atoms with Crippen LogP contribution < -0.4 is 36.6 Å². The zero-order valence-corrected chi connectivity index (χ0v) is 39.6. The van der Waals surface area contributed by atoms with Crippen LogP contribution in [0.25, 0.3) is 21.3 Å². The molecule has 4 aromatic heterocycles. The second-order valence-electron chi connectivity index (χ2n) is 15.5. The number of anilines is 1. The summed E-state index contributed by atoms with van der Waals surface area (Å²) < 4.78 is 56.8. The van der Waals surface area contributed by atoms with Gasteiger partial charge >= 0.3 is 12.1 Å². The summed E-state index contributed by atoms with van der Waals surface area (Å²) in [5, 5.41) is 18.9. The van der Waals surface area contributed by atoms with Crippen molar-refractivity contribution >= 4 is 68.1 Å². The Morgan fingerprint density at radius 2 is 1.50 bits per heavy atom. The number of aliphatic carboxylic acids is 1. The number of carboxylic acids is 1. The largest absolute Gasteiger partial charge is 0.494 e. The maximum atomic E-state index is 13.8. The number of fused-ring (bicyclic) bond motifs is 2. The number of nitrogens with zero attached hydrogens (tertiary/aromatic N) is 9. The van der Waals surface area contributed by atoms with Gasteiger partial charge in [-0.05, 0) is 70.5 Å². The van der Waals surface area contributed by atoms with Gasteiger partial charge < -0.3 is 34.2 Å². The summed E-state index contributed by atoms with van der Waals surface area (Å²) in [7, 11) is 1.49. The number of carbonyl (C=O) groups is 5. The predicted molar refractivity (Wildman–Crippen MR) is 250 cm³/mol. The third kappa shape index (κ3) is 12.2. The first kappa shape index (κ1) is 52.0. The molecule has 1 aliphatic rings. The highest BCUT2D eigenvalue weighted by Gasteiger charge is 2.38. The van der Waals surface area contributed by atoms with E-state index in [2.05, 4.69) is 30.8 Å². The molecule has 6 aromatic rings. The van der Waals surface area contributed by atoms with Crippen LogP contribution in [0.4, 0.5) is 19.1 Å². The topological polar surface area (TPSA) is 283 Å². The molecule has 1 saturated heterocycles. The van der Waals surface area contributed by atoms with Gasteiger partial charge in [-0.1, -0.05) is 23.5 Å². The first-order valence-corrected chi connectivity index (χ1v) is 22.6. The Bertz CT molecular complexity index is 3020. The first-order valence-electron chi connectivity index (χ1n) is 21.8. The Kier molecular flexibility index (Phi) is 16.9. The Labute approximate surface area is 401 Å². The van der Waals surface area contributed by atoms with E-state index in [4.69, 9.17) is 40.7 Å². The van der Waals surface area contributed by atoms with Gasteiger partial charge in [0, 0.05) is 56.9 Å². The van der Waals surface area contributed by atoms with E-state index in [-0.39, 0.29) is 30.2 Å². The minimum Gasteiger partial charge on any atom is -0.494 e. The molecule has 1 fully saturated rings. The van der Waals surface area contributed by atoms with Crippen molar-refractivity contribution in [3.8, 4) is 11.5 Å². The van der Waals surface area contributed by atoms with Gasteiger partial charge in [-0.3, -0.25) is 44.2 Å². The fourth-order valence-corrected chi connectivity index (χ4v) is 8.54. The number of benzene rings is 2. The van der Waals surface area contributed by atoms with E-state index in [0.717, 1.165) is 19.6 Å². The second-order valence-corrected chi connectivity index (χ2v) is 16.5. The van der Waals surface area contributed by atoms with Crippen LogP contribution >= 0.6 is 11.3 Å². The van der Waals surface area contributed by atoms with Crippen LogP contribution in [0, 0.1) is 13.8 Å². The third-order valence-electron chi connectivity index (χ3n) is 10.7. The van der Waals surface area contributed by atoms with Gasteiger partial charge in [0.1, 0.15) is 33.9 Å². The number of carboxylic acid groups (broad SMARTS) is 1. The predicted octanol–water partition coefficient (Wildman–Crippen LogP) is 3.80. The highest BCUT2D eigenvalue weighted by Crippen LogP contribution is 2.33. The van der Waals surface area contributed by atoms with E-state index < -0.39 is 35.8 Å². The molecule has 7 N–H and O–H groups in total. The fraction of sp³-hybridized carbons (Fsp3) is 0.386. The van der Waals surface area contributed by atoms with Gasteiger partial charge in [-0.2, -0.15) is 28.4 Å². The average molecular weight is 996 g/mol. The van der Waals surface area contributed by atoms with Gasteiger partial charge in [0.05, 0.1) is 48.5 Å². The molecule has 0 unspecified atom stereocenters. The van der Waals surface area contributed by atoms with Crippen LogP contribution in [-0.4, -0.2) is 126 Å². The lowest BCUT2D eigenvalue weighted by Gasteiger charge is -2.26. The minimum absolute atomic E-state index is 0.180. The zero-order valence-electron chi connectivity index (χ0n) is 38.8. The number of imidazole rings is 1. The molecule has 0 aliphatic carbocycles. The molecule has 0 radical (unpaired) electrons. The molecule has 70 heavy (non-hydrogen) atoms. The standard InChI is InChI=1S/C42H51N13O7S.C2HF3O2/c1-6-54-30(19-25(3)49-54)39(58)46-41-45-29-21-27(37(43)56)22-33(62-16-10-11-51-14-17-61-18-15-51)35(29)52(41)12-8-9-13-53-36-32(60-5)23-28(38(57)48-44)24-34(36)63-42(53)47-40(59)31-20-26(4)50-55(31)7-2;3-2(4,5)1(6)7/h8-9,19-24H,6-7,10-18,44H2,1-5H3,(H2,43,56)(H,48,57)(H,45,46,58);(H,6,7)/b9-8+,47-42?;. The Balaban J connectivity index is 0.00000107. The summed E-state index contributed by atoms with van der Waals surface area (Å²) in [5.41, 5.74) is 12.0. The van der Waals surface area contributed by atoms with Gasteiger partial charge in [-0.15, -0.1) is 0 Å². The molecule has 0 spiro atoms. The summed E-state index contributed by atoms with van der Waals surface area (Å²) in [6.45, 7) is 12.9. The summed E-state index contributed by atoms with van der Waals surface area (Å²) in [5.74, 6) is 1.57. The molecule has 1 aliphatic heterocycles. The summed E-state index contributed by atoms with van der Waals surface area (Å²) >= 11 is 1.21. The number of amides is 4. The van der Waals surface area contributed by atoms with E-state index in [1.807, 2.05) is 44.4 Å². The van der Waals surface area contributed by atoms with E-state index >= 15 is 0 Å². The van der Waals surface area contributed by atoms with Crippen LogP contribution in [0.2, 0.25) is 0 Å². The number of allylic oxidation sites excluding steroid dienone is 2. The Hall–Kier alpha value is -7.42. The van der Waals surface area contributed by atoms with Crippen LogP contribution in [0.5, 0.6) is 11.5 Å². The van der Waals surface area contributed by atoms with Crippen molar-refractivity contribution in [2.45, 2.75) is 66.5 Å². The first-order chi connectivity index (χ1) is 33.4. The summed E-state index contributed by atoms with van der Waals surface area (Å²) in [6.07, 6.45) is -0.615. The monoisotopic (exact) mass is 995 g/mol. The van der Waals surface area contributed by atoms with Crippen molar-refractivity contribution in [3.63, 3.8) is 0 Å². The highest BCUT2D eigenvalue weighted by atomic mass is 32.1. The Morgan fingerprint density at radius 3 is 2.10 bits per heavy atom. The number of nitrogens with two attached hydrogens (primary N) is 2. The highest BCUT2D eigenvalue weighted by molar-refractivity contribution is 7.16. The van der Waals surface area contributed by atoms with Crippen molar-refractivity contribution in [2.24, 2.45) is 16.6 Å². The number of nitrogens with one attached hydrogen (secondary N) is 2. The number of ether oxygens (including phenoxy) is 3. The number of alkyl halides is 3. The molecular formula is C44H52F3N13O9S. The van der Waals surface area contributed by atoms with E-state index in [1.54, 1.807) is 50.3 Å². The van der Waals surface area contributed by atoms with Gasteiger partial charge in [0.2, 0.25) is 11.9 Å². The fourth-order valence-electron chi connectivity index (χ4n) is 7.45. The minimum atomic E-state index is -5.08. The molecule has 2 aromatic carbocycles. The number of thiazole rings is 1. The molecule has 0 bridgehead atoms. The Morgan fingerprint density at radius 1 is 0.886 bits per heavy atom. The third-order valence-corrected chi connectivity index (χ3v) is 11.7. The molecule has 26 heteroatoms. The number of primary amides is 1. The molecule has 5 heterocycles. The van der Waals surface area contributed by atoms with Gasteiger partial charge in [-0.25, -0.2) is 15.6 Å². The van der Waals surface area contributed by atoms with Gasteiger partial charge in [0.15, 0.2) is 4.80 Å². The lowest BCUT2D eigenvalue weighted by atomic mass is 10.1. The molecule has 22 nitrogen and oxygen atoms in total. The van der Waals surface area contributed by atoms with Crippen molar-refractivity contribution in [1.29, 1.82) is 0 Å². The van der Waals surface area contributed by atoms with Gasteiger partial charge in [0.25, 0.3) is 17.7 Å². The quantitative estimate of drug-likeness (QED) is 0.0286.